The number of hydrogen-bond acceptors (Lipinski definition) is 5. The standard InChI is InChI=1S/C19H16FN5/c1-25-7-6-15-14(9-25)17(12-4-2-3-5-16(12)20)13(8-21)18(24)19(15,10-22)11-23/h2-6,13-14,17,24H,7,9H2,1H3/t13-,14+,17+/m1/s1. The quantitative estimate of drug-likeness (QED) is 0.799. The van der Waals surface area contributed by atoms with Gasteiger partial charge in [0.1, 0.15) is 5.82 Å². The van der Waals surface area contributed by atoms with Crippen molar-refractivity contribution in [2.24, 2.45) is 17.3 Å². The summed E-state index contributed by atoms with van der Waals surface area (Å²) in [6, 6.07) is 12.2. The van der Waals surface area contributed by atoms with Gasteiger partial charge in [-0.1, -0.05) is 24.3 Å². The highest BCUT2D eigenvalue weighted by molar-refractivity contribution is 6.01. The van der Waals surface area contributed by atoms with Gasteiger partial charge in [-0.3, -0.25) is 0 Å². The van der Waals surface area contributed by atoms with E-state index in [-0.39, 0.29) is 11.6 Å². The van der Waals surface area contributed by atoms with Crippen LogP contribution in [0.5, 0.6) is 0 Å². The molecule has 5 nitrogen and oxygen atoms in total. The molecule has 3 rings (SSSR count). The van der Waals surface area contributed by atoms with E-state index < -0.39 is 23.1 Å². The maximum Gasteiger partial charge on any atom is 0.203 e. The number of hydrogen-bond donors (Lipinski definition) is 1. The number of nitrogens with zero attached hydrogens (tertiary/aromatic N) is 4. The Labute approximate surface area is 145 Å². The lowest BCUT2D eigenvalue weighted by Gasteiger charge is -2.46. The summed E-state index contributed by atoms with van der Waals surface area (Å²) in [5.74, 6) is -2.42. The highest BCUT2D eigenvalue weighted by atomic mass is 19.1. The molecule has 0 saturated heterocycles. The third-order valence-electron chi connectivity index (χ3n) is 5.21. The van der Waals surface area contributed by atoms with Crippen LogP contribution in [-0.4, -0.2) is 30.7 Å². The zero-order valence-corrected chi connectivity index (χ0v) is 13.7. The molecular formula is C19H16FN5. The molecule has 1 aromatic carbocycles. The third kappa shape index (κ3) is 2.33. The SMILES string of the molecule is CN1CC=C2[C@H](C1)[C@@H](c1ccccc1F)[C@@H](C#N)C(=N)C2(C#N)C#N. The minimum absolute atomic E-state index is 0.250. The van der Waals surface area contributed by atoms with E-state index in [1.165, 1.54) is 6.07 Å². The Kier molecular flexibility index (Phi) is 4.13. The number of benzene rings is 1. The minimum atomic E-state index is -1.74. The Morgan fingerprint density at radius 3 is 2.52 bits per heavy atom. The van der Waals surface area contributed by atoms with Gasteiger partial charge in [0.2, 0.25) is 5.41 Å². The number of nitriles is 3. The van der Waals surface area contributed by atoms with Gasteiger partial charge in [0.25, 0.3) is 0 Å². The fraction of sp³-hybridized carbons (Fsp3) is 0.368. The molecular weight excluding hydrogens is 317 g/mol. The molecule has 1 aromatic rings. The van der Waals surface area contributed by atoms with Crippen molar-refractivity contribution in [3.05, 3.63) is 47.3 Å². The Hall–Kier alpha value is -3.01. The van der Waals surface area contributed by atoms with Gasteiger partial charge in [-0.2, -0.15) is 15.8 Å². The van der Waals surface area contributed by atoms with Gasteiger partial charge in [0, 0.05) is 24.9 Å². The summed E-state index contributed by atoms with van der Waals surface area (Å²) in [6.45, 7) is 1.05. The maximum atomic E-state index is 14.5. The van der Waals surface area contributed by atoms with Gasteiger partial charge in [-0.15, -0.1) is 0 Å². The molecule has 1 saturated carbocycles. The van der Waals surface area contributed by atoms with Crippen LogP contribution in [0, 0.1) is 62.5 Å². The van der Waals surface area contributed by atoms with E-state index in [4.69, 9.17) is 5.41 Å². The molecule has 2 aliphatic rings. The zero-order valence-electron chi connectivity index (χ0n) is 13.7. The maximum absolute atomic E-state index is 14.5. The van der Waals surface area contributed by atoms with Crippen molar-refractivity contribution < 1.29 is 4.39 Å². The topological polar surface area (TPSA) is 98.5 Å². The summed E-state index contributed by atoms with van der Waals surface area (Å²) < 4.78 is 14.5. The lowest BCUT2D eigenvalue weighted by atomic mass is 9.55. The van der Waals surface area contributed by atoms with Crippen LogP contribution < -0.4 is 0 Å². The van der Waals surface area contributed by atoms with Crippen LogP contribution in [-0.2, 0) is 0 Å². The first-order valence-electron chi connectivity index (χ1n) is 7.94. The van der Waals surface area contributed by atoms with Gasteiger partial charge in [0.05, 0.1) is 29.8 Å². The Morgan fingerprint density at radius 1 is 1.24 bits per heavy atom. The second-order valence-electron chi connectivity index (χ2n) is 6.53. The zero-order chi connectivity index (χ0) is 18.2. The summed E-state index contributed by atoms with van der Waals surface area (Å²) >= 11 is 0. The van der Waals surface area contributed by atoms with Crippen LogP contribution in [0.3, 0.4) is 0 Å². The number of likely N-dealkylation sites (N-methyl/N-ethyl adjacent to an activating group) is 1. The fourth-order valence-corrected chi connectivity index (χ4v) is 4.01. The average molecular weight is 333 g/mol. The highest BCUT2D eigenvalue weighted by Gasteiger charge is 2.56. The van der Waals surface area contributed by atoms with Crippen LogP contribution >= 0.6 is 0 Å². The van der Waals surface area contributed by atoms with Crippen molar-refractivity contribution in [2.45, 2.75) is 5.92 Å². The largest absolute Gasteiger partial charge is 0.305 e. The van der Waals surface area contributed by atoms with Crippen molar-refractivity contribution in [1.82, 2.24) is 4.90 Å². The fourth-order valence-electron chi connectivity index (χ4n) is 4.01. The molecule has 0 spiro atoms. The van der Waals surface area contributed by atoms with Crippen molar-refractivity contribution >= 4 is 5.71 Å². The van der Waals surface area contributed by atoms with Gasteiger partial charge < -0.3 is 10.3 Å². The monoisotopic (exact) mass is 333 g/mol. The molecule has 0 amide bonds. The first kappa shape index (κ1) is 16.8. The smallest absolute Gasteiger partial charge is 0.203 e. The van der Waals surface area contributed by atoms with Crippen molar-refractivity contribution in [3.8, 4) is 18.2 Å². The van der Waals surface area contributed by atoms with Crippen molar-refractivity contribution in [3.63, 3.8) is 0 Å². The van der Waals surface area contributed by atoms with Gasteiger partial charge in [-0.05, 0) is 24.3 Å². The van der Waals surface area contributed by atoms with Gasteiger partial charge >= 0.3 is 0 Å². The summed E-state index contributed by atoms with van der Waals surface area (Å²) in [7, 11) is 1.90. The first-order valence-corrected chi connectivity index (χ1v) is 7.94. The van der Waals surface area contributed by atoms with E-state index >= 15 is 0 Å². The molecule has 124 valence electrons. The Balaban J connectivity index is 2.26. The summed E-state index contributed by atoms with van der Waals surface area (Å²) in [5, 5.41) is 37.5. The predicted molar refractivity (Wildman–Crippen MR) is 88.7 cm³/mol. The summed E-state index contributed by atoms with van der Waals surface area (Å²) in [6.07, 6.45) is 1.79. The van der Waals surface area contributed by atoms with Gasteiger partial charge in [0.15, 0.2) is 0 Å². The van der Waals surface area contributed by atoms with Crippen LogP contribution in [0.1, 0.15) is 11.5 Å². The Morgan fingerprint density at radius 2 is 1.92 bits per heavy atom. The van der Waals surface area contributed by atoms with E-state index in [1.54, 1.807) is 24.3 Å². The van der Waals surface area contributed by atoms with E-state index in [9.17, 15) is 20.2 Å². The van der Waals surface area contributed by atoms with E-state index in [0.717, 1.165) is 0 Å². The second kappa shape index (κ2) is 6.13. The minimum Gasteiger partial charge on any atom is -0.305 e. The number of nitrogens with one attached hydrogen (secondary N) is 1. The molecule has 1 heterocycles. The molecule has 1 N–H and O–H groups in total. The van der Waals surface area contributed by atoms with Crippen LogP contribution in [0.25, 0.3) is 0 Å². The molecule has 6 heteroatoms. The number of halogens is 1. The molecule has 3 atom stereocenters. The van der Waals surface area contributed by atoms with Crippen molar-refractivity contribution in [2.75, 3.05) is 20.1 Å². The molecule has 0 aromatic heterocycles. The molecule has 0 radical (unpaired) electrons. The predicted octanol–water partition coefficient (Wildman–Crippen LogP) is 2.60. The summed E-state index contributed by atoms with van der Waals surface area (Å²) in [5.41, 5.74) is -1.11. The average Bonchev–Trinajstić information content (AvgIpc) is 2.62. The molecule has 1 aliphatic heterocycles. The number of rotatable bonds is 1. The summed E-state index contributed by atoms with van der Waals surface area (Å²) in [4.78, 5) is 2.00. The second-order valence-corrected chi connectivity index (χ2v) is 6.53. The first-order chi connectivity index (χ1) is 12.0. The van der Waals surface area contributed by atoms with E-state index in [2.05, 4.69) is 6.07 Å². The van der Waals surface area contributed by atoms with Gasteiger partial charge in [-0.25, -0.2) is 4.39 Å². The van der Waals surface area contributed by atoms with E-state index in [1.807, 2.05) is 24.1 Å². The van der Waals surface area contributed by atoms with Crippen molar-refractivity contribution in [1.29, 1.82) is 21.2 Å². The molecule has 25 heavy (non-hydrogen) atoms. The molecule has 0 unspecified atom stereocenters. The number of fused-ring (bicyclic) bond motifs is 1. The molecule has 1 fully saturated rings. The lowest BCUT2D eigenvalue weighted by molar-refractivity contribution is 0.241. The van der Waals surface area contributed by atoms with Crippen LogP contribution in [0.4, 0.5) is 4.39 Å². The molecule has 1 aliphatic carbocycles. The normalized spacial score (nSPS) is 28.0. The molecule has 0 bridgehead atoms. The lowest BCUT2D eigenvalue weighted by Crippen LogP contribution is -2.52. The highest BCUT2D eigenvalue weighted by Crippen LogP contribution is 2.52. The van der Waals surface area contributed by atoms with E-state index in [0.29, 0.717) is 24.2 Å². The Bertz CT molecular complexity index is 868. The van der Waals surface area contributed by atoms with Crippen LogP contribution in [0.2, 0.25) is 0 Å². The van der Waals surface area contributed by atoms with Crippen LogP contribution in [0.15, 0.2) is 35.9 Å². The third-order valence-corrected chi connectivity index (χ3v) is 5.21.